The van der Waals surface area contributed by atoms with Crippen LogP contribution in [0.5, 0.6) is 0 Å². The second-order valence-corrected chi connectivity index (χ2v) is 6.82. The number of nitriles is 1. The normalized spacial score (nSPS) is 10.8. The predicted molar refractivity (Wildman–Crippen MR) is 103 cm³/mol. The number of pyridine rings is 1. The molecule has 3 rings (SSSR count). The van der Waals surface area contributed by atoms with Gasteiger partial charge in [0.15, 0.2) is 11.6 Å². The third-order valence-corrected chi connectivity index (χ3v) is 4.11. The number of anilines is 1. The molecule has 0 saturated carbocycles. The number of hydrogen-bond donors (Lipinski definition) is 1. The Hall–Kier alpha value is -3.40. The SMILES string of the molecule is Cc1cc(-n2ncc(C#N)c2NC(=O)OCC(C)C)nc2c(C)cccc12. The fraction of sp³-hybridized carbons (Fsp3) is 0.300. The van der Waals surface area contributed by atoms with Crippen molar-refractivity contribution in [1.82, 2.24) is 14.8 Å². The Morgan fingerprint density at radius 3 is 2.81 bits per heavy atom. The molecule has 0 saturated heterocycles. The van der Waals surface area contributed by atoms with E-state index in [0.29, 0.717) is 5.82 Å². The van der Waals surface area contributed by atoms with E-state index in [1.807, 2.05) is 58.0 Å². The van der Waals surface area contributed by atoms with Gasteiger partial charge in [-0.1, -0.05) is 32.0 Å². The van der Waals surface area contributed by atoms with Crippen LogP contribution in [-0.4, -0.2) is 27.5 Å². The number of carbonyl (C=O) groups excluding carboxylic acids is 1. The van der Waals surface area contributed by atoms with Crippen molar-refractivity contribution < 1.29 is 9.53 Å². The Kier molecular flexibility index (Phi) is 5.08. The lowest BCUT2D eigenvalue weighted by Crippen LogP contribution is -2.19. The molecule has 0 spiro atoms. The number of nitrogens with one attached hydrogen (secondary N) is 1. The van der Waals surface area contributed by atoms with Gasteiger partial charge in [0.25, 0.3) is 0 Å². The Balaban J connectivity index is 2.04. The average Bonchev–Trinajstić information content (AvgIpc) is 3.03. The minimum Gasteiger partial charge on any atom is -0.449 e. The topological polar surface area (TPSA) is 92.8 Å². The smallest absolute Gasteiger partial charge is 0.412 e. The molecule has 1 aromatic carbocycles. The largest absolute Gasteiger partial charge is 0.449 e. The Bertz CT molecular complexity index is 1050. The fourth-order valence-corrected chi connectivity index (χ4v) is 2.75. The summed E-state index contributed by atoms with van der Waals surface area (Å²) in [6.07, 6.45) is 0.771. The first-order valence-corrected chi connectivity index (χ1v) is 8.70. The maximum Gasteiger partial charge on any atom is 0.412 e. The van der Waals surface area contributed by atoms with Crippen molar-refractivity contribution in [3.05, 3.63) is 47.2 Å². The number of carbonyl (C=O) groups is 1. The summed E-state index contributed by atoms with van der Waals surface area (Å²) < 4.78 is 6.61. The van der Waals surface area contributed by atoms with Crippen LogP contribution >= 0.6 is 0 Å². The number of aryl methyl sites for hydroxylation is 2. The predicted octanol–water partition coefficient (Wildman–Crippen LogP) is 4.11. The minimum absolute atomic E-state index is 0.212. The summed E-state index contributed by atoms with van der Waals surface area (Å²) in [5.74, 6) is 0.977. The molecular formula is C20H21N5O2. The monoisotopic (exact) mass is 363 g/mol. The van der Waals surface area contributed by atoms with E-state index < -0.39 is 6.09 Å². The average molecular weight is 363 g/mol. The molecular weight excluding hydrogens is 342 g/mol. The zero-order valence-electron chi connectivity index (χ0n) is 15.8. The molecule has 0 atom stereocenters. The van der Waals surface area contributed by atoms with Crippen molar-refractivity contribution in [2.75, 3.05) is 11.9 Å². The third kappa shape index (κ3) is 3.75. The van der Waals surface area contributed by atoms with Crippen LogP contribution in [0.3, 0.4) is 0 Å². The molecule has 138 valence electrons. The number of para-hydroxylation sites is 1. The summed E-state index contributed by atoms with van der Waals surface area (Å²) in [4.78, 5) is 16.8. The van der Waals surface area contributed by atoms with Gasteiger partial charge in [0, 0.05) is 5.39 Å². The number of benzene rings is 1. The van der Waals surface area contributed by atoms with Crippen molar-refractivity contribution in [3.8, 4) is 11.9 Å². The van der Waals surface area contributed by atoms with Crippen molar-refractivity contribution in [2.45, 2.75) is 27.7 Å². The summed E-state index contributed by atoms with van der Waals surface area (Å²) in [6.45, 7) is 8.16. The van der Waals surface area contributed by atoms with Gasteiger partial charge in [-0.3, -0.25) is 5.32 Å². The molecule has 2 aromatic heterocycles. The lowest BCUT2D eigenvalue weighted by Gasteiger charge is -2.12. The molecule has 0 radical (unpaired) electrons. The number of ether oxygens (including phenoxy) is 1. The number of fused-ring (bicyclic) bond motifs is 1. The lowest BCUT2D eigenvalue weighted by molar-refractivity contribution is 0.147. The van der Waals surface area contributed by atoms with Gasteiger partial charge in [0.05, 0.1) is 18.3 Å². The maximum atomic E-state index is 12.1. The molecule has 1 amide bonds. The van der Waals surface area contributed by atoms with Gasteiger partial charge < -0.3 is 4.74 Å². The van der Waals surface area contributed by atoms with Crippen molar-refractivity contribution in [3.63, 3.8) is 0 Å². The summed E-state index contributed by atoms with van der Waals surface area (Å²) in [5, 5.41) is 17.3. The molecule has 7 heteroatoms. The van der Waals surface area contributed by atoms with Gasteiger partial charge >= 0.3 is 6.09 Å². The molecule has 0 aliphatic heterocycles. The molecule has 0 aliphatic rings. The first-order chi connectivity index (χ1) is 12.9. The highest BCUT2D eigenvalue weighted by Crippen LogP contribution is 2.25. The van der Waals surface area contributed by atoms with Gasteiger partial charge in [-0.05, 0) is 37.0 Å². The van der Waals surface area contributed by atoms with Gasteiger partial charge in [0.1, 0.15) is 11.6 Å². The minimum atomic E-state index is -0.629. The van der Waals surface area contributed by atoms with Gasteiger partial charge in [-0.25, -0.2) is 9.78 Å². The van der Waals surface area contributed by atoms with E-state index in [2.05, 4.69) is 10.4 Å². The molecule has 1 N–H and O–H groups in total. The summed E-state index contributed by atoms with van der Waals surface area (Å²) in [5.41, 5.74) is 3.16. The molecule has 0 unspecified atom stereocenters. The molecule has 27 heavy (non-hydrogen) atoms. The van der Waals surface area contributed by atoms with Crippen LogP contribution in [0, 0.1) is 31.1 Å². The second-order valence-electron chi connectivity index (χ2n) is 6.82. The fourth-order valence-electron chi connectivity index (χ4n) is 2.75. The van der Waals surface area contributed by atoms with Crippen LogP contribution < -0.4 is 5.32 Å². The van der Waals surface area contributed by atoms with Crippen LogP contribution in [-0.2, 0) is 4.74 Å². The third-order valence-electron chi connectivity index (χ3n) is 4.11. The second kappa shape index (κ2) is 7.46. The van der Waals surface area contributed by atoms with E-state index in [0.717, 1.165) is 22.0 Å². The quantitative estimate of drug-likeness (QED) is 0.753. The summed E-state index contributed by atoms with van der Waals surface area (Å²) in [7, 11) is 0. The lowest BCUT2D eigenvalue weighted by atomic mass is 10.1. The van der Waals surface area contributed by atoms with Gasteiger partial charge in [-0.15, -0.1) is 0 Å². The number of amides is 1. The molecule has 7 nitrogen and oxygen atoms in total. The highest BCUT2D eigenvalue weighted by molar-refractivity contribution is 5.87. The first kappa shape index (κ1) is 18.4. The van der Waals surface area contributed by atoms with E-state index in [-0.39, 0.29) is 23.9 Å². The van der Waals surface area contributed by atoms with Crippen molar-refractivity contribution in [2.24, 2.45) is 5.92 Å². The molecule has 2 heterocycles. The number of hydrogen-bond acceptors (Lipinski definition) is 5. The standard InChI is InChI=1S/C20H21N5O2/c1-12(2)11-27-20(26)24-19-15(9-21)10-22-25(19)17-8-14(4)16-7-5-6-13(3)18(16)23-17/h5-8,10,12H,11H2,1-4H3,(H,24,26). The summed E-state index contributed by atoms with van der Waals surface area (Å²) >= 11 is 0. The first-order valence-electron chi connectivity index (χ1n) is 8.70. The van der Waals surface area contributed by atoms with Crippen LogP contribution in [0.15, 0.2) is 30.5 Å². The number of aromatic nitrogens is 3. The van der Waals surface area contributed by atoms with Crippen LogP contribution in [0.2, 0.25) is 0 Å². The highest BCUT2D eigenvalue weighted by Gasteiger charge is 2.18. The summed E-state index contributed by atoms with van der Waals surface area (Å²) in [6, 6.07) is 9.91. The zero-order chi connectivity index (χ0) is 19.6. The van der Waals surface area contributed by atoms with E-state index in [1.54, 1.807) is 0 Å². The molecule has 0 bridgehead atoms. The molecule has 0 aliphatic carbocycles. The molecule has 3 aromatic rings. The number of rotatable bonds is 4. The van der Waals surface area contributed by atoms with E-state index in [9.17, 15) is 10.1 Å². The van der Waals surface area contributed by atoms with Crippen LogP contribution in [0.4, 0.5) is 10.6 Å². The van der Waals surface area contributed by atoms with Gasteiger partial charge in [0.2, 0.25) is 0 Å². The Morgan fingerprint density at radius 2 is 2.11 bits per heavy atom. The van der Waals surface area contributed by atoms with Crippen LogP contribution in [0.1, 0.15) is 30.5 Å². The van der Waals surface area contributed by atoms with Crippen LogP contribution in [0.25, 0.3) is 16.7 Å². The Morgan fingerprint density at radius 1 is 1.33 bits per heavy atom. The maximum absolute atomic E-state index is 12.1. The van der Waals surface area contributed by atoms with Crippen molar-refractivity contribution >= 4 is 22.8 Å². The van der Waals surface area contributed by atoms with E-state index >= 15 is 0 Å². The van der Waals surface area contributed by atoms with Crippen molar-refractivity contribution in [1.29, 1.82) is 5.26 Å². The highest BCUT2D eigenvalue weighted by atomic mass is 16.5. The van der Waals surface area contributed by atoms with Gasteiger partial charge in [-0.2, -0.15) is 15.0 Å². The number of nitrogens with zero attached hydrogens (tertiary/aromatic N) is 4. The zero-order valence-corrected chi connectivity index (χ0v) is 15.8. The molecule has 0 fully saturated rings. The van der Waals surface area contributed by atoms with E-state index in [1.165, 1.54) is 10.9 Å². The van der Waals surface area contributed by atoms with E-state index in [4.69, 9.17) is 9.72 Å². The Labute approximate surface area is 157 Å².